The monoisotopic (exact) mass is 337 g/mol. The lowest BCUT2D eigenvalue weighted by Gasteiger charge is -2.09. The van der Waals surface area contributed by atoms with E-state index in [-0.39, 0.29) is 0 Å². The summed E-state index contributed by atoms with van der Waals surface area (Å²) in [4.78, 5) is 4.66. The van der Waals surface area contributed by atoms with Crippen molar-refractivity contribution in [1.29, 1.82) is 0 Å². The number of benzene rings is 4. The van der Waals surface area contributed by atoms with Crippen LogP contribution in [0.3, 0.4) is 0 Å². The molecule has 4 aromatic carbocycles. The summed E-state index contributed by atoms with van der Waals surface area (Å²) in [6.07, 6.45) is 2.23. The quantitative estimate of drug-likeness (QED) is 0.392. The van der Waals surface area contributed by atoms with E-state index in [9.17, 15) is 0 Å². The lowest BCUT2D eigenvalue weighted by Crippen LogP contribution is -2.21. The van der Waals surface area contributed by atoms with Crippen molar-refractivity contribution in [2.75, 3.05) is 5.32 Å². The Hall–Kier alpha value is -3.33. The van der Waals surface area contributed by atoms with Gasteiger partial charge in [0.2, 0.25) is 0 Å². The zero-order valence-electron chi connectivity index (χ0n) is 14.4. The van der Waals surface area contributed by atoms with Crippen LogP contribution in [0.25, 0.3) is 21.5 Å². The number of aryl methyl sites for hydroxylation is 2. The summed E-state index contributed by atoms with van der Waals surface area (Å²) in [6, 6.07) is 25.2. The molecule has 0 aromatic heterocycles. The van der Waals surface area contributed by atoms with Gasteiger partial charge in [-0.2, -0.15) is 0 Å². The zero-order chi connectivity index (χ0) is 17.5. The number of hydrogen-bond donors (Lipinski definition) is 2. The first-order chi connectivity index (χ1) is 12.8. The normalized spacial score (nSPS) is 13.5. The molecule has 0 radical (unpaired) electrons. The van der Waals surface area contributed by atoms with E-state index in [1.807, 2.05) is 18.2 Å². The van der Waals surface area contributed by atoms with Crippen molar-refractivity contribution in [1.82, 2.24) is 0 Å². The van der Waals surface area contributed by atoms with Gasteiger partial charge in [-0.25, -0.2) is 4.99 Å². The maximum Gasteiger partial charge on any atom is 0.198 e. The van der Waals surface area contributed by atoms with Crippen molar-refractivity contribution in [2.24, 2.45) is 10.7 Å². The Morgan fingerprint density at radius 1 is 0.808 bits per heavy atom. The minimum absolute atomic E-state index is 0.402. The average Bonchev–Trinajstić information content (AvgIpc) is 3.09. The SMILES string of the molecule is NC(=Nc1ccc2c3c(cccc13)CC2)Nc1ccc2ccccc2c1. The minimum atomic E-state index is 0.402. The molecule has 1 aliphatic carbocycles. The first kappa shape index (κ1) is 15.0. The van der Waals surface area contributed by atoms with Gasteiger partial charge in [0.15, 0.2) is 5.96 Å². The average molecular weight is 337 g/mol. The number of rotatable bonds is 2. The number of guanidine groups is 1. The Morgan fingerprint density at radius 3 is 2.50 bits per heavy atom. The summed E-state index contributed by atoms with van der Waals surface area (Å²) in [5.74, 6) is 0.402. The highest BCUT2D eigenvalue weighted by atomic mass is 15.1. The first-order valence-electron chi connectivity index (χ1n) is 8.91. The minimum Gasteiger partial charge on any atom is -0.369 e. The lowest BCUT2D eigenvalue weighted by molar-refractivity contribution is 1.02. The van der Waals surface area contributed by atoms with Crippen LogP contribution in [0, 0.1) is 0 Å². The highest BCUT2D eigenvalue weighted by Crippen LogP contribution is 2.36. The highest BCUT2D eigenvalue weighted by Gasteiger charge is 2.15. The van der Waals surface area contributed by atoms with Crippen molar-refractivity contribution in [3.05, 3.63) is 83.9 Å². The van der Waals surface area contributed by atoms with Gasteiger partial charge in [-0.3, -0.25) is 0 Å². The van der Waals surface area contributed by atoms with Gasteiger partial charge in [0.25, 0.3) is 0 Å². The third kappa shape index (κ3) is 2.49. The molecule has 5 rings (SSSR count). The third-order valence-electron chi connectivity index (χ3n) is 5.12. The lowest BCUT2D eigenvalue weighted by atomic mass is 10.0. The Kier molecular flexibility index (Phi) is 3.39. The third-order valence-corrected chi connectivity index (χ3v) is 5.12. The maximum atomic E-state index is 6.20. The van der Waals surface area contributed by atoms with Crippen LogP contribution in [-0.4, -0.2) is 5.96 Å². The first-order valence-corrected chi connectivity index (χ1v) is 8.91. The molecule has 3 nitrogen and oxygen atoms in total. The molecule has 0 aliphatic heterocycles. The van der Waals surface area contributed by atoms with Crippen LogP contribution in [0.4, 0.5) is 11.4 Å². The molecule has 0 heterocycles. The van der Waals surface area contributed by atoms with E-state index >= 15 is 0 Å². The molecule has 0 spiro atoms. The van der Waals surface area contributed by atoms with Gasteiger partial charge in [-0.15, -0.1) is 0 Å². The van der Waals surface area contributed by atoms with E-state index in [2.05, 4.69) is 64.9 Å². The van der Waals surface area contributed by atoms with Crippen molar-refractivity contribution >= 4 is 38.9 Å². The van der Waals surface area contributed by atoms with Gasteiger partial charge in [0, 0.05) is 11.1 Å². The largest absolute Gasteiger partial charge is 0.369 e. The van der Waals surface area contributed by atoms with Gasteiger partial charge >= 0.3 is 0 Å². The number of hydrogen-bond acceptors (Lipinski definition) is 1. The molecule has 0 saturated heterocycles. The molecular formula is C23H19N3. The molecular weight excluding hydrogens is 318 g/mol. The summed E-state index contributed by atoms with van der Waals surface area (Å²) in [5, 5.41) is 8.14. The van der Waals surface area contributed by atoms with E-state index in [1.54, 1.807) is 0 Å². The summed E-state index contributed by atoms with van der Waals surface area (Å²) in [7, 11) is 0. The molecule has 4 aromatic rings. The Labute approximate surface area is 152 Å². The fourth-order valence-corrected chi connectivity index (χ4v) is 3.90. The van der Waals surface area contributed by atoms with E-state index in [0.717, 1.165) is 24.2 Å². The Morgan fingerprint density at radius 2 is 1.62 bits per heavy atom. The van der Waals surface area contributed by atoms with Gasteiger partial charge < -0.3 is 11.1 Å². The van der Waals surface area contributed by atoms with E-state index in [4.69, 9.17) is 5.73 Å². The van der Waals surface area contributed by atoms with Crippen LogP contribution in [0.1, 0.15) is 11.1 Å². The highest BCUT2D eigenvalue weighted by molar-refractivity contribution is 6.02. The fraction of sp³-hybridized carbons (Fsp3) is 0.0870. The molecule has 3 heteroatoms. The van der Waals surface area contributed by atoms with Crippen molar-refractivity contribution < 1.29 is 0 Å². The second-order valence-electron chi connectivity index (χ2n) is 6.77. The predicted molar refractivity (Wildman–Crippen MR) is 110 cm³/mol. The molecule has 3 N–H and O–H groups in total. The molecule has 1 aliphatic rings. The molecule has 0 bridgehead atoms. The number of nitrogens with zero attached hydrogens (tertiary/aromatic N) is 1. The summed E-state index contributed by atoms with van der Waals surface area (Å²) in [5.41, 5.74) is 10.9. The maximum absolute atomic E-state index is 6.20. The molecule has 0 fully saturated rings. The Bertz CT molecular complexity index is 1160. The van der Waals surface area contributed by atoms with Crippen LogP contribution >= 0.6 is 0 Å². The van der Waals surface area contributed by atoms with Crippen LogP contribution in [0.15, 0.2) is 77.8 Å². The number of fused-ring (bicyclic) bond motifs is 1. The fourth-order valence-electron chi connectivity index (χ4n) is 3.90. The van der Waals surface area contributed by atoms with Crippen molar-refractivity contribution in [2.45, 2.75) is 12.8 Å². The van der Waals surface area contributed by atoms with Gasteiger partial charge in [-0.1, -0.05) is 54.6 Å². The second kappa shape index (κ2) is 5.88. The molecule has 0 saturated carbocycles. The molecule has 0 amide bonds. The standard InChI is InChI=1S/C23H19N3/c24-23(25-19-12-10-15-4-1-2-5-18(15)14-19)26-21-13-11-17-9-8-16-6-3-7-20(21)22(16)17/h1-7,10-14H,8-9H2,(H3,24,25,26). The smallest absolute Gasteiger partial charge is 0.198 e. The predicted octanol–water partition coefficient (Wildman–Crippen LogP) is 5.15. The van der Waals surface area contributed by atoms with Gasteiger partial charge in [-0.05, 0) is 58.3 Å². The second-order valence-corrected chi connectivity index (χ2v) is 6.77. The van der Waals surface area contributed by atoms with Crippen LogP contribution in [0.5, 0.6) is 0 Å². The summed E-state index contributed by atoms with van der Waals surface area (Å²) in [6.45, 7) is 0. The van der Waals surface area contributed by atoms with E-state index in [0.29, 0.717) is 5.96 Å². The number of nitrogens with one attached hydrogen (secondary N) is 1. The number of aliphatic imine (C=N–C) groups is 1. The molecule has 126 valence electrons. The van der Waals surface area contributed by atoms with Gasteiger partial charge in [0.1, 0.15) is 0 Å². The molecule has 0 unspecified atom stereocenters. The number of nitrogens with two attached hydrogens (primary N) is 1. The van der Waals surface area contributed by atoms with Crippen molar-refractivity contribution in [3.8, 4) is 0 Å². The van der Waals surface area contributed by atoms with Crippen LogP contribution in [-0.2, 0) is 12.8 Å². The van der Waals surface area contributed by atoms with E-state index < -0.39 is 0 Å². The summed E-state index contributed by atoms with van der Waals surface area (Å²) >= 11 is 0. The molecule has 26 heavy (non-hydrogen) atoms. The zero-order valence-corrected chi connectivity index (χ0v) is 14.4. The topological polar surface area (TPSA) is 50.4 Å². The molecule has 0 atom stereocenters. The van der Waals surface area contributed by atoms with Gasteiger partial charge in [0.05, 0.1) is 5.69 Å². The number of anilines is 1. The van der Waals surface area contributed by atoms with E-state index in [1.165, 1.54) is 32.7 Å². The van der Waals surface area contributed by atoms with Crippen LogP contribution in [0.2, 0.25) is 0 Å². The Balaban J connectivity index is 1.51. The summed E-state index contributed by atoms with van der Waals surface area (Å²) < 4.78 is 0. The van der Waals surface area contributed by atoms with Crippen molar-refractivity contribution in [3.63, 3.8) is 0 Å². The van der Waals surface area contributed by atoms with Crippen LogP contribution < -0.4 is 11.1 Å².